The van der Waals surface area contributed by atoms with Gasteiger partial charge in [-0.15, -0.1) is 0 Å². The summed E-state index contributed by atoms with van der Waals surface area (Å²) in [6, 6.07) is 0. The number of nitrogens with zero attached hydrogens (tertiary/aromatic N) is 1. The Morgan fingerprint density at radius 1 is 1.00 bits per heavy atom. The number of hydrogen-bond acceptors (Lipinski definition) is 1. The van der Waals surface area contributed by atoms with Crippen LogP contribution >= 0.6 is 0 Å². The fourth-order valence-corrected chi connectivity index (χ4v) is 5.32. The van der Waals surface area contributed by atoms with Crippen molar-refractivity contribution in [3.8, 4) is 0 Å². The fourth-order valence-electron chi connectivity index (χ4n) is 5.32. The van der Waals surface area contributed by atoms with Crippen molar-refractivity contribution < 1.29 is 4.79 Å². The predicted molar refractivity (Wildman–Crippen MR) is 52.6 cm³/mol. The van der Waals surface area contributed by atoms with Crippen LogP contribution in [0.3, 0.4) is 0 Å². The normalized spacial score (nSPS) is 54.1. The van der Waals surface area contributed by atoms with E-state index in [0.29, 0.717) is 11.4 Å². The molecule has 4 rings (SSSR count). The molecule has 2 heterocycles. The molecule has 2 heteroatoms. The molecule has 2 nitrogen and oxygen atoms in total. The molecule has 0 aromatic heterocycles. The Morgan fingerprint density at radius 3 is 2.43 bits per heavy atom. The van der Waals surface area contributed by atoms with E-state index in [0.717, 1.165) is 30.7 Å². The molecule has 2 aliphatic carbocycles. The maximum absolute atomic E-state index is 11.9. The fraction of sp³-hybridized carbons (Fsp3) is 0.917. The maximum Gasteiger partial charge on any atom is 0.223 e. The van der Waals surface area contributed by atoms with Crippen LogP contribution in [-0.4, -0.2) is 22.9 Å². The highest BCUT2D eigenvalue weighted by Gasteiger charge is 2.68. The van der Waals surface area contributed by atoms with Gasteiger partial charge in [0.05, 0.1) is 5.54 Å². The van der Waals surface area contributed by atoms with E-state index in [1.54, 1.807) is 0 Å². The summed E-state index contributed by atoms with van der Waals surface area (Å²) in [5.41, 5.74) is 0.400. The van der Waals surface area contributed by atoms with E-state index in [2.05, 4.69) is 4.90 Å². The zero-order chi connectivity index (χ0) is 9.34. The average Bonchev–Trinajstić information content (AvgIpc) is 2.77. The first-order valence-corrected chi connectivity index (χ1v) is 6.14. The number of hydrogen-bond donors (Lipinski definition) is 0. The highest BCUT2D eigenvalue weighted by atomic mass is 16.2. The molecule has 2 saturated heterocycles. The minimum Gasteiger partial charge on any atom is -0.336 e. The minimum atomic E-state index is 0.400. The molecule has 1 amide bonds. The lowest BCUT2D eigenvalue weighted by Crippen LogP contribution is -2.47. The second kappa shape index (κ2) is 2.17. The van der Waals surface area contributed by atoms with Crippen molar-refractivity contribution in [3.05, 3.63) is 0 Å². The summed E-state index contributed by atoms with van der Waals surface area (Å²) < 4.78 is 0. The SMILES string of the molecule is O=C1C[C@@H]2CC[C@H]3CC[C@@H]4CCN1[C@]342. The van der Waals surface area contributed by atoms with E-state index >= 15 is 0 Å². The quantitative estimate of drug-likeness (QED) is 0.571. The molecule has 1 spiro atoms. The monoisotopic (exact) mass is 191 g/mol. The van der Waals surface area contributed by atoms with Gasteiger partial charge in [-0.3, -0.25) is 4.79 Å². The molecular weight excluding hydrogens is 174 g/mol. The van der Waals surface area contributed by atoms with Gasteiger partial charge in [-0.1, -0.05) is 0 Å². The molecule has 0 N–H and O–H groups in total. The summed E-state index contributed by atoms with van der Waals surface area (Å²) in [6.07, 6.45) is 7.75. The van der Waals surface area contributed by atoms with Crippen LogP contribution < -0.4 is 0 Å². The van der Waals surface area contributed by atoms with E-state index in [9.17, 15) is 4.79 Å². The first kappa shape index (κ1) is 7.72. The zero-order valence-corrected chi connectivity index (χ0v) is 8.54. The highest BCUT2D eigenvalue weighted by Crippen LogP contribution is 2.64. The van der Waals surface area contributed by atoms with Crippen molar-refractivity contribution in [2.45, 2.75) is 44.1 Å². The average molecular weight is 191 g/mol. The molecule has 0 unspecified atom stereocenters. The minimum absolute atomic E-state index is 0.400. The summed E-state index contributed by atoms with van der Waals surface area (Å²) >= 11 is 0. The molecule has 0 aromatic rings. The Kier molecular flexibility index (Phi) is 1.20. The molecule has 2 aliphatic heterocycles. The van der Waals surface area contributed by atoms with Crippen LogP contribution in [0, 0.1) is 17.8 Å². The molecule has 76 valence electrons. The maximum atomic E-state index is 11.9. The molecule has 4 atom stereocenters. The lowest BCUT2D eigenvalue weighted by molar-refractivity contribution is -0.130. The molecule has 0 bridgehead atoms. The van der Waals surface area contributed by atoms with Gasteiger partial charge >= 0.3 is 0 Å². The van der Waals surface area contributed by atoms with Gasteiger partial charge in [0, 0.05) is 13.0 Å². The van der Waals surface area contributed by atoms with E-state index in [-0.39, 0.29) is 0 Å². The molecule has 14 heavy (non-hydrogen) atoms. The van der Waals surface area contributed by atoms with Crippen LogP contribution in [0.2, 0.25) is 0 Å². The first-order valence-electron chi connectivity index (χ1n) is 6.14. The van der Waals surface area contributed by atoms with E-state index < -0.39 is 0 Å². The van der Waals surface area contributed by atoms with Gasteiger partial charge in [-0.25, -0.2) is 0 Å². The first-order chi connectivity index (χ1) is 6.83. The zero-order valence-electron chi connectivity index (χ0n) is 8.54. The van der Waals surface area contributed by atoms with Crippen molar-refractivity contribution in [2.75, 3.05) is 6.54 Å². The van der Waals surface area contributed by atoms with Crippen LogP contribution in [0.25, 0.3) is 0 Å². The van der Waals surface area contributed by atoms with Gasteiger partial charge in [0.15, 0.2) is 0 Å². The van der Waals surface area contributed by atoms with Gasteiger partial charge in [0.25, 0.3) is 0 Å². The Labute approximate surface area is 84.7 Å². The number of amides is 1. The third-order valence-corrected chi connectivity index (χ3v) is 5.58. The molecule has 0 aromatic carbocycles. The van der Waals surface area contributed by atoms with Gasteiger partial charge < -0.3 is 4.90 Å². The van der Waals surface area contributed by atoms with Crippen LogP contribution in [0.1, 0.15) is 38.5 Å². The number of carbonyl (C=O) groups excluding carboxylic acids is 1. The Bertz CT molecular complexity index is 303. The lowest BCUT2D eigenvalue weighted by Gasteiger charge is -2.37. The third kappa shape index (κ3) is 0.582. The van der Waals surface area contributed by atoms with Gasteiger partial charge in [0.2, 0.25) is 5.91 Å². The van der Waals surface area contributed by atoms with Gasteiger partial charge in [0.1, 0.15) is 0 Å². The van der Waals surface area contributed by atoms with E-state index in [4.69, 9.17) is 0 Å². The molecule has 4 fully saturated rings. The number of carbonyl (C=O) groups is 1. The van der Waals surface area contributed by atoms with E-state index in [1.807, 2.05) is 0 Å². The summed E-state index contributed by atoms with van der Waals surface area (Å²) in [5, 5.41) is 0. The van der Waals surface area contributed by atoms with Crippen LogP contribution in [-0.2, 0) is 4.79 Å². The Hall–Kier alpha value is -0.530. The molecule has 4 aliphatic rings. The smallest absolute Gasteiger partial charge is 0.223 e. The molecule has 0 radical (unpaired) electrons. The summed E-state index contributed by atoms with van der Waals surface area (Å²) in [4.78, 5) is 14.2. The highest BCUT2D eigenvalue weighted by molar-refractivity contribution is 5.81. The van der Waals surface area contributed by atoms with Crippen LogP contribution in [0.4, 0.5) is 0 Å². The van der Waals surface area contributed by atoms with Crippen molar-refractivity contribution in [1.29, 1.82) is 0 Å². The van der Waals surface area contributed by atoms with Gasteiger partial charge in [-0.05, 0) is 49.9 Å². The largest absolute Gasteiger partial charge is 0.336 e. The molecule has 2 saturated carbocycles. The van der Waals surface area contributed by atoms with Crippen LogP contribution in [0.15, 0.2) is 0 Å². The van der Waals surface area contributed by atoms with E-state index in [1.165, 1.54) is 32.1 Å². The third-order valence-electron chi connectivity index (χ3n) is 5.58. The summed E-state index contributed by atoms with van der Waals surface area (Å²) in [5.74, 6) is 2.98. The Morgan fingerprint density at radius 2 is 1.64 bits per heavy atom. The predicted octanol–water partition coefficient (Wildman–Crippen LogP) is 1.80. The number of rotatable bonds is 0. The lowest BCUT2D eigenvalue weighted by atomic mass is 9.78. The van der Waals surface area contributed by atoms with Crippen molar-refractivity contribution >= 4 is 5.91 Å². The topological polar surface area (TPSA) is 20.3 Å². The Balaban J connectivity index is 1.90. The van der Waals surface area contributed by atoms with Crippen molar-refractivity contribution in [3.63, 3.8) is 0 Å². The second-order valence-corrected chi connectivity index (χ2v) is 5.67. The van der Waals surface area contributed by atoms with Crippen LogP contribution in [0.5, 0.6) is 0 Å². The second-order valence-electron chi connectivity index (χ2n) is 5.67. The summed E-state index contributed by atoms with van der Waals surface area (Å²) in [7, 11) is 0. The molecular formula is C12H17NO. The standard InChI is InChI=1S/C12H17NO/c14-11-7-10-4-3-8-1-2-9-5-6-13(11)12(8,9)10/h8-10H,1-7H2/t8-,9-,10+,12-/m1/s1. The van der Waals surface area contributed by atoms with Gasteiger partial charge in [-0.2, -0.15) is 0 Å². The van der Waals surface area contributed by atoms with Crippen molar-refractivity contribution in [1.82, 2.24) is 4.90 Å². The van der Waals surface area contributed by atoms with Crippen molar-refractivity contribution in [2.24, 2.45) is 17.8 Å². The summed E-state index contributed by atoms with van der Waals surface area (Å²) in [6.45, 7) is 1.08.